The first-order valence-electron chi connectivity index (χ1n) is 7.60. The highest BCUT2D eigenvalue weighted by atomic mass is 15.2. The molecule has 1 fully saturated rings. The van der Waals surface area contributed by atoms with Crippen molar-refractivity contribution in [1.29, 1.82) is 0 Å². The summed E-state index contributed by atoms with van der Waals surface area (Å²) in [6.07, 6.45) is 5.47. The van der Waals surface area contributed by atoms with E-state index in [1.165, 1.54) is 19.5 Å². The van der Waals surface area contributed by atoms with E-state index in [0.717, 1.165) is 30.3 Å². The fourth-order valence-corrected chi connectivity index (χ4v) is 2.97. The molecule has 1 unspecified atom stereocenters. The topological polar surface area (TPSA) is 32.6 Å². The molecule has 2 aromatic heterocycles. The molecule has 3 heterocycles. The van der Waals surface area contributed by atoms with Crippen LogP contribution in [0, 0.1) is 5.92 Å². The molecule has 1 aliphatic rings. The van der Waals surface area contributed by atoms with Gasteiger partial charge in [0.15, 0.2) is 0 Å². The van der Waals surface area contributed by atoms with E-state index >= 15 is 0 Å². The second kappa shape index (κ2) is 5.94. The van der Waals surface area contributed by atoms with Gasteiger partial charge in [0.2, 0.25) is 0 Å². The minimum absolute atomic E-state index is 0.679. The molecule has 0 aromatic carbocycles. The third-order valence-electron chi connectivity index (χ3n) is 4.20. The zero-order chi connectivity index (χ0) is 13.9. The first kappa shape index (κ1) is 13.6. The van der Waals surface area contributed by atoms with E-state index in [2.05, 4.69) is 39.6 Å². The third-order valence-corrected chi connectivity index (χ3v) is 4.20. The molecular weight excluding hydrogens is 248 g/mol. The van der Waals surface area contributed by atoms with Gasteiger partial charge in [0.05, 0.1) is 5.69 Å². The summed E-state index contributed by atoms with van der Waals surface area (Å²) in [5.41, 5.74) is 2.14. The Hall–Kier alpha value is -1.39. The number of hydrogen-bond donors (Lipinski definition) is 1. The fraction of sp³-hybridized carbons (Fsp3) is 0.562. The lowest BCUT2D eigenvalue weighted by atomic mass is 10.1. The summed E-state index contributed by atoms with van der Waals surface area (Å²) in [5, 5.41) is 3.56. The van der Waals surface area contributed by atoms with Crippen molar-refractivity contribution in [2.45, 2.75) is 32.9 Å². The van der Waals surface area contributed by atoms with Gasteiger partial charge in [-0.05, 0) is 51.4 Å². The second-order valence-corrected chi connectivity index (χ2v) is 6.07. The van der Waals surface area contributed by atoms with E-state index in [4.69, 9.17) is 0 Å². The predicted octanol–water partition coefficient (Wildman–Crippen LogP) is 2.15. The molecule has 3 rings (SSSR count). The highest BCUT2D eigenvalue weighted by molar-refractivity contribution is 5.39. The Labute approximate surface area is 120 Å². The molecule has 20 heavy (non-hydrogen) atoms. The number of likely N-dealkylation sites (tertiary alicyclic amines) is 1. The zero-order valence-electron chi connectivity index (χ0n) is 12.4. The van der Waals surface area contributed by atoms with Crippen molar-refractivity contribution in [2.24, 2.45) is 5.92 Å². The van der Waals surface area contributed by atoms with Gasteiger partial charge in [-0.25, -0.2) is 4.98 Å². The van der Waals surface area contributed by atoms with Crippen LogP contribution in [0.2, 0.25) is 0 Å². The van der Waals surface area contributed by atoms with Gasteiger partial charge < -0.3 is 14.6 Å². The lowest BCUT2D eigenvalue weighted by Crippen LogP contribution is -2.30. The minimum atomic E-state index is 0.679. The van der Waals surface area contributed by atoms with Gasteiger partial charge in [-0.2, -0.15) is 0 Å². The van der Waals surface area contributed by atoms with Crippen LogP contribution in [0.3, 0.4) is 0 Å². The lowest BCUT2D eigenvalue weighted by molar-refractivity contribution is 0.264. The quantitative estimate of drug-likeness (QED) is 0.905. The Morgan fingerprint density at radius 3 is 3.05 bits per heavy atom. The van der Waals surface area contributed by atoms with Gasteiger partial charge in [0, 0.05) is 31.5 Å². The van der Waals surface area contributed by atoms with Crippen molar-refractivity contribution in [2.75, 3.05) is 19.6 Å². The highest BCUT2D eigenvalue weighted by Gasteiger charge is 2.23. The summed E-state index contributed by atoms with van der Waals surface area (Å²) in [5.74, 6) is 0.787. The average molecular weight is 272 g/mol. The molecule has 4 nitrogen and oxygen atoms in total. The summed E-state index contributed by atoms with van der Waals surface area (Å²) in [4.78, 5) is 7.18. The van der Waals surface area contributed by atoms with Gasteiger partial charge in [0.1, 0.15) is 5.65 Å². The number of hydrogen-bond acceptors (Lipinski definition) is 3. The number of nitrogens with one attached hydrogen (secondary N) is 1. The molecule has 1 saturated heterocycles. The van der Waals surface area contributed by atoms with E-state index in [1.54, 1.807) is 0 Å². The summed E-state index contributed by atoms with van der Waals surface area (Å²) in [7, 11) is 0. The molecule has 0 bridgehead atoms. The molecule has 0 saturated carbocycles. The van der Waals surface area contributed by atoms with Crippen LogP contribution in [-0.2, 0) is 6.54 Å². The SMILES string of the molecule is CC(C)N1CCC(CNCc2cn3ccccc3n2)C1. The molecule has 0 aliphatic carbocycles. The van der Waals surface area contributed by atoms with Crippen LogP contribution >= 0.6 is 0 Å². The largest absolute Gasteiger partial charge is 0.311 e. The summed E-state index contributed by atoms with van der Waals surface area (Å²) < 4.78 is 2.08. The molecule has 1 atom stereocenters. The summed E-state index contributed by atoms with van der Waals surface area (Å²) in [6, 6.07) is 6.78. The maximum absolute atomic E-state index is 4.61. The molecule has 1 aliphatic heterocycles. The molecule has 108 valence electrons. The Morgan fingerprint density at radius 2 is 2.30 bits per heavy atom. The van der Waals surface area contributed by atoms with E-state index in [1.807, 2.05) is 24.4 Å². The Balaban J connectivity index is 1.48. The van der Waals surface area contributed by atoms with Gasteiger partial charge in [-0.15, -0.1) is 0 Å². The van der Waals surface area contributed by atoms with E-state index in [0.29, 0.717) is 6.04 Å². The van der Waals surface area contributed by atoms with Crippen molar-refractivity contribution in [1.82, 2.24) is 19.6 Å². The molecule has 1 N–H and O–H groups in total. The molecule has 0 amide bonds. The smallest absolute Gasteiger partial charge is 0.137 e. The van der Waals surface area contributed by atoms with Crippen LogP contribution < -0.4 is 5.32 Å². The highest BCUT2D eigenvalue weighted by Crippen LogP contribution is 2.17. The molecular formula is C16H24N4. The number of nitrogens with zero attached hydrogens (tertiary/aromatic N) is 3. The standard InChI is InChI=1S/C16H24N4/c1-13(2)19-8-6-14(11-19)9-17-10-15-12-20-7-4-3-5-16(20)18-15/h3-5,7,12-14,17H,6,8-11H2,1-2H3. The average Bonchev–Trinajstić information content (AvgIpc) is 3.04. The van der Waals surface area contributed by atoms with E-state index in [9.17, 15) is 0 Å². The minimum Gasteiger partial charge on any atom is -0.311 e. The summed E-state index contributed by atoms with van der Waals surface area (Å²) >= 11 is 0. The number of pyridine rings is 1. The van der Waals surface area contributed by atoms with Crippen molar-refractivity contribution in [3.05, 3.63) is 36.3 Å². The van der Waals surface area contributed by atoms with E-state index in [-0.39, 0.29) is 0 Å². The van der Waals surface area contributed by atoms with Gasteiger partial charge >= 0.3 is 0 Å². The maximum atomic E-state index is 4.61. The number of aromatic nitrogens is 2. The van der Waals surface area contributed by atoms with Crippen LogP contribution in [0.1, 0.15) is 26.0 Å². The summed E-state index contributed by atoms with van der Waals surface area (Å²) in [6.45, 7) is 9.00. The van der Waals surface area contributed by atoms with Crippen molar-refractivity contribution >= 4 is 5.65 Å². The second-order valence-electron chi connectivity index (χ2n) is 6.07. The van der Waals surface area contributed by atoms with Gasteiger partial charge in [-0.3, -0.25) is 0 Å². The molecule has 4 heteroatoms. The first-order valence-corrected chi connectivity index (χ1v) is 7.60. The van der Waals surface area contributed by atoms with Gasteiger partial charge in [0.25, 0.3) is 0 Å². The molecule has 0 radical (unpaired) electrons. The van der Waals surface area contributed by atoms with Crippen molar-refractivity contribution in [3.8, 4) is 0 Å². The third kappa shape index (κ3) is 3.02. The Morgan fingerprint density at radius 1 is 1.40 bits per heavy atom. The first-order chi connectivity index (χ1) is 9.72. The van der Waals surface area contributed by atoms with Crippen molar-refractivity contribution in [3.63, 3.8) is 0 Å². The lowest BCUT2D eigenvalue weighted by Gasteiger charge is -2.20. The predicted molar refractivity (Wildman–Crippen MR) is 81.7 cm³/mol. The maximum Gasteiger partial charge on any atom is 0.137 e. The molecule has 0 spiro atoms. The van der Waals surface area contributed by atoms with Crippen LogP contribution in [0.4, 0.5) is 0 Å². The Kier molecular flexibility index (Phi) is 4.03. The normalized spacial score (nSPS) is 20.2. The Bertz CT molecular complexity index is 527. The van der Waals surface area contributed by atoms with E-state index < -0.39 is 0 Å². The monoisotopic (exact) mass is 272 g/mol. The van der Waals surface area contributed by atoms with Crippen LogP contribution in [0.5, 0.6) is 0 Å². The van der Waals surface area contributed by atoms with Crippen LogP contribution in [-0.4, -0.2) is 40.0 Å². The van der Waals surface area contributed by atoms with Crippen LogP contribution in [0.25, 0.3) is 5.65 Å². The zero-order valence-corrected chi connectivity index (χ0v) is 12.4. The van der Waals surface area contributed by atoms with Crippen LogP contribution in [0.15, 0.2) is 30.6 Å². The number of rotatable bonds is 5. The number of fused-ring (bicyclic) bond motifs is 1. The molecule has 2 aromatic rings. The van der Waals surface area contributed by atoms with Gasteiger partial charge in [-0.1, -0.05) is 6.07 Å². The fourth-order valence-electron chi connectivity index (χ4n) is 2.97. The number of imidazole rings is 1. The van der Waals surface area contributed by atoms with Crippen molar-refractivity contribution < 1.29 is 0 Å².